The number of aromatic hydroxyl groups is 1. The van der Waals surface area contributed by atoms with Crippen LogP contribution in [-0.4, -0.2) is 17.1 Å². The summed E-state index contributed by atoms with van der Waals surface area (Å²) in [5.41, 5.74) is 7.69. The van der Waals surface area contributed by atoms with E-state index in [2.05, 4.69) is 0 Å². The summed E-state index contributed by atoms with van der Waals surface area (Å²) in [6, 6.07) is 15.4. The summed E-state index contributed by atoms with van der Waals surface area (Å²) in [5, 5.41) is 9.22. The Kier molecular flexibility index (Phi) is 4.95. The molecule has 4 heteroatoms. The summed E-state index contributed by atoms with van der Waals surface area (Å²) < 4.78 is 5.38. The van der Waals surface area contributed by atoms with Gasteiger partial charge in [-0.2, -0.15) is 0 Å². The van der Waals surface area contributed by atoms with Gasteiger partial charge in [0.2, 0.25) is 0 Å². The Morgan fingerprint density at radius 2 is 1.76 bits per heavy atom. The van der Waals surface area contributed by atoms with Crippen molar-refractivity contribution in [3.05, 3.63) is 65.7 Å². The molecule has 4 nitrogen and oxygen atoms in total. The zero-order valence-electron chi connectivity index (χ0n) is 11.9. The van der Waals surface area contributed by atoms with Crippen molar-refractivity contribution in [3.63, 3.8) is 0 Å². The second-order valence-electron chi connectivity index (χ2n) is 4.97. The smallest absolute Gasteiger partial charge is 0.323 e. The van der Waals surface area contributed by atoms with Gasteiger partial charge in [-0.3, -0.25) is 4.79 Å². The lowest BCUT2D eigenvalue weighted by Gasteiger charge is -2.17. The van der Waals surface area contributed by atoms with Gasteiger partial charge in [-0.1, -0.05) is 42.5 Å². The zero-order valence-corrected chi connectivity index (χ0v) is 11.9. The first-order chi connectivity index (χ1) is 10.1. The predicted octanol–water partition coefficient (Wildman–Crippen LogP) is 2.57. The molecule has 0 aliphatic heterocycles. The first kappa shape index (κ1) is 15.1. The molecule has 0 fully saturated rings. The SMILES string of the molecule is CC(OC(=O)[C@@H](N)Cc1ccc(O)cc1)c1ccccc1. The molecule has 0 saturated heterocycles. The van der Waals surface area contributed by atoms with Crippen LogP contribution in [0.4, 0.5) is 0 Å². The molecule has 0 aromatic heterocycles. The molecule has 1 unspecified atom stereocenters. The van der Waals surface area contributed by atoms with Crippen LogP contribution >= 0.6 is 0 Å². The van der Waals surface area contributed by atoms with Crippen molar-refractivity contribution in [1.82, 2.24) is 0 Å². The Hall–Kier alpha value is -2.33. The summed E-state index contributed by atoms with van der Waals surface area (Å²) in [6.07, 6.45) is 0.0465. The molecule has 0 radical (unpaired) electrons. The summed E-state index contributed by atoms with van der Waals surface area (Å²) in [7, 11) is 0. The second kappa shape index (κ2) is 6.90. The van der Waals surface area contributed by atoms with Crippen LogP contribution in [0.5, 0.6) is 5.75 Å². The van der Waals surface area contributed by atoms with E-state index in [-0.39, 0.29) is 11.9 Å². The van der Waals surface area contributed by atoms with Gasteiger partial charge < -0.3 is 15.6 Å². The largest absolute Gasteiger partial charge is 0.508 e. The Morgan fingerprint density at radius 3 is 2.38 bits per heavy atom. The standard InChI is InChI=1S/C17H19NO3/c1-12(14-5-3-2-4-6-14)21-17(20)16(18)11-13-7-9-15(19)10-8-13/h2-10,12,16,19H,11,18H2,1H3/t12?,16-/m0/s1. The summed E-state index contributed by atoms with van der Waals surface area (Å²) in [4.78, 5) is 12.0. The quantitative estimate of drug-likeness (QED) is 0.828. The number of rotatable bonds is 5. The van der Waals surface area contributed by atoms with E-state index in [0.29, 0.717) is 6.42 Å². The van der Waals surface area contributed by atoms with Crippen LogP contribution in [0.1, 0.15) is 24.2 Å². The van der Waals surface area contributed by atoms with Crippen LogP contribution < -0.4 is 5.73 Å². The van der Waals surface area contributed by atoms with Crippen molar-refractivity contribution >= 4 is 5.97 Å². The molecule has 0 saturated carbocycles. The van der Waals surface area contributed by atoms with Gasteiger partial charge in [0.25, 0.3) is 0 Å². The Morgan fingerprint density at radius 1 is 1.14 bits per heavy atom. The molecule has 3 N–H and O–H groups in total. The number of ether oxygens (including phenoxy) is 1. The molecule has 21 heavy (non-hydrogen) atoms. The molecule has 2 aromatic rings. The monoisotopic (exact) mass is 285 g/mol. The van der Waals surface area contributed by atoms with Crippen molar-refractivity contribution in [2.24, 2.45) is 5.73 Å². The average Bonchev–Trinajstić information content (AvgIpc) is 2.50. The van der Waals surface area contributed by atoms with Crippen molar-refractivity contribution in [2.45, 2.75) is 25.5 Å². The normalized spacial score (nSPS) is 13.4. The first-order valence-corrected chi connectivity index (χ1v) is 6.85. The predicted molar refractivity (Wildman–Crippen MR) is 80.7 cm³/mol. The van der Waals surface area contributed by atoms with Crippen LogP contribution in [0, 0.1) is 0 Å². The highest BCUT2D eigenvalue weighted by molar-refractivity contribution is 5.76. The molecule has 0 heterocycles. The van der Waals surface area contributed by atoms with Gasteiger partial charge in [-0.25, -0.2) is 0 Å². The molecule has 110 valence electrons. The number of hydrogen-bond donors (Lipinski definition) is 2. The topological polar surface area (TPSA) is 72.5 Å². The van der Waals surface area contributed by atoms with Gasteiger partial charge in [0.15, 0.2) is 0 Å². The van der Waals surface area contributed by atoms with Gasteiger partial charge in [-0.05, 0) is 36.6 Å². The fourth-order valence-corrected chi connectivity index (χ4v) is 2.02. The van der Waals surface area contributed by atoms with Gasteiger partial charge >= 0.3 is 5.97 Å². The van der Waals surface area contributed by atoms with E-state index >= 15 is 0 Å². The molecule has 0 amide bonds. The number of carbonyl (C=O) groups excluding carboxylic acids is 1. The van der Waals surface area contributed by atoms with Crippen molar-refractivity contribution in [3.8, 4) is 5.75 Å². The number of phenolic OH excluding ortho intramolecular Hbond substituents is 1. The van der Waals surface area contributed by atoms with Crippen LogP contribution in [0.15, 0.2) is 54.6 Å². The minimum absolute atomic E-state index is 0.188. The van der Waals surface area contributed by atoms with Gasteiger partial charge in [0.05, 0.1) is 0 Å². The summed E-state index contributed by atoms with van der Waals surface area (Å²) in [5.74, 6) is -0.243. The van der Waals surface area contributed by atoms with Crippen LogP contribution in [0.2, 0.25) is 0 Å². The van der Waals surface area contributed by atoms with Crippen LogP contribution in [0.3, 0.4) is 0 Å². The molecule has 2 aromatic carbocycles. The molecule has 0 bridgehead atoms. The maximum absolute atomic E-state index is 12.0. The maximum Gasteiger partial charge on any atom is 0.323 e. The second-order valence-corrected chi connectivity index (χ2v) is 4.97. The lowest BCUT2D eigenvalue weighted by molar-refractivity contribution is -0.150. The minimum atomic E-state index is -0.722. The number of nitrogens with two attached hydrogens (primary N) is 1. The Bertz CT molecular complexity index is 581. The fourth-order valence-electron chi connectivity index (χ4n) is 2.02. The average molecular weight is 285 g/mol. The molecular formula is C17H19NO3. The Labute approximate surface area is 124 Å². The van der Waals surface area contributed by atoms with Gasteiger partial charge in [0.1, 0.15) is 17.9 Å². The maximum atomic E-state index is 12.0. The number of carbonyl (C=O) groups is 1. The molecule has 2 atom stereocenters. The fraction of sp³-hybridized carbons (Fsp3) is 0.235. The number of hydrogen-bond acceptors (Lipinski definition) is 4. The third kappa shape index (κ3) is 4.33. The highest BCUT2D eigenvalue weighted by Gasteiger charge is 2.19. The zero-order chi connectivity index (χ0) is 15.2. The highest BCUT2D eigenvalue weighted by Crippen LogP contribution is 2.17. The summed E-state index contributed by atoms with van der Waals surface area (Å²) in [6.45, 7) is 1.82. The van der Waals surface area contributed by atoms with Gasteiger partial charge in [-0.15, -0.1) is 0 Å². The lowest BCUT2D eigenvalue weighted by Crippen LogP contribution is -2.34. The van der Waals surface area contributed by atoms with E-state index < -0.39 is 12.0 Å². The molecule has 2 rings (SSSR count). The van der Waals surface area contributed by atoms with E-state index in [1.807, 2.05) is 37.3 Å². The van der Waals surface area contributed by atoms with E-state index in [1.165, 1.54) is 0 Å². The number of esters is 1. The molecule has 0 aliphatic carbocycles. The number of benzene rings is 2. The van der Waals surface area contributed by atoms with Crippen molar-refractivity contribution < 1.29 is 14.6 Å². The summed E-state index contributed by atoms with van der Waals surface area (Å²) >= 11 is 0. The highest BCUT2D eigenvalue weighted by atomic mass is 16.5. The first-order valence-electron chi connectivity index (χ1n) is 6.85. The third-order valence-electron chi connectivity index (χ3n) is 3.26. The van der Waals surface area contributed by atoms with Gasteiger partial charge in [0, 0.05) is 0 Å². The third-order valence-corrected chi connectivity index (χ3v) is 3.26. The van der Waals surface area contributed by atoms with Crippen molar-refractivity contribution in [1.29, 1.82) is 0 Å². The van der Waals surface area contributed by atoms with E-state index in [1.54, 1.807) is 24.3 Å². The van der Waals surface area contributed by atoms with Crippen molar-refractivity contribution in [2.75, 3.05) is 0 Å². The lowest BCUT2D eigenvalue weighted by atomic mass is 10.1. The minimum Gasteiger partial charge on any atom is -0.508 e. The molecular weight excluding hydrogens is 266 g/mol. The Balaban J connectivity index is 1.92. The van der Waals surface area contributed by atoms with E-state index in [4.69, 9.17) is 10.5 Å². The van der Waals surface area contributed by atoms with Crippen LogP contribution in [0.25, 0.3) is 0 Å². The van der Waals surface area contributed by atoms with E-state index in [9.17, 15) is 9.90 Å². The van der Waals surface area contributed by atoms with Crippen LogP contribution in [-0.2, 0) is 16.0 Å². The molecule has 0 aliphatic rings. The number of phenols is 1. The molecule has 0 spiro atoms. The van der Waals surface area contributed by atoms with E-state index in [0.717, 1.165) is 11.1 Å².